The van der Waals surface area contributed by atoms with Gasteiger partial charge in [0.15, 0.2) is 5.76 Å². The van der Waals surface area contributed by atoms with Gasteiger partial charge in [-0.3, -0.25) is 4.79 Å². The average molecular weight is 454 g/mol. The molecule has 0 saturated heterocycles. The van der Waals surface area contributed by atoms with Crippen molar-refractivity contribution >= 4 is 5.78 Å². The molecule has 0 aromatic heterocycles. The maximum Gasteiger partial charge on any atom is 0.220 e. The Labute approximate surface area is 202 Å². The number of carbonyl (C=O) groups excluding carboxylic acids is 1. The summed E-state index contributed by atoms with van der Waals surface area (Å²) in [5.74, 6) is 2.13. The highest BCUT2D eigenvalue weighted by Crippen LogP contribution is 2.69. The summed E-state index contributed by atoms with van der Waals surface area (Å²) in [7, 11) is 1.50. The smallest absolute Gasteiger partial charge is 0.220 e. The van der Waals surface area contributed by atoms with Crippen LogP contribution in [0.3, 0.4) is 0 Å². The number of aliphatic hydroxyl groups is 1. The molecule has 0 amide bonds. The van der Waals surface area contributed by atoms with Crippen molar-refractivity contribution < 1.29 is 9.90 Å². The van der Waals surface area contributed by atoms with E-state index in [-0.39, 0.29) is 22.4 Å². The Morgan fingerprint density at radius 3 is 2.30 bits per heavy atom. The van der Waals surface area contributed by atoms with E-state index in [4.69, 9.17) is 0 Å². The minimum atomic E-state index is -0.221. The zero-order valence-electron chi connectivity index (χ0n) is 22.3. The fraction of sp³-hybridized carbons (Fsp3) is 0.700. The lowest BCUT2D eigenvalue weighted by atomic mass is 9.40. The molecule has 3 N–H and O–H groups in total. The maximum absolute atomic E-state index is 12.5. The summed E-state index contributed by atoms with van der Waals surface area (Å²) >= 11 is 0. The second kappa shape index (κ2) is 9.21. The van der Waals surface area contributed by atoms with Crippen molar-refractivity contribution in [1.82, 2.24) is 0 Å². The molecule has 6 unspecified atom stereocenters. The molecule has 5 rings (SSSR count). The van der Waals surface area contributed by atoms with Crippen LogP contribution in [-0.4, -0.2) is 17.9 Å². The summed E-state index contributed by atoms with van der Waals surface area (Å²) in [5, 5.41) is 10.2. The molecule has 5 aliphatic rings. The number of hydrogen-bond acceptors (Lipinski definition) is 3. The zero-order chi connectivity index (χ0) is 24.8. The molecule has 0 radical (unpaired) electrons. The van der Waals surface area contributed by atoms with Gasteiger partial charge in [0.2, 0.25) is 5.78 Å². The van der Waals surface area contributed by atoms with E-state index >= 15 is 0 Å². The second-order valence-corrected chi connectivity index (χ2v) is 11.6. The normalized spacial score (nSPS) is 41.3. The van der Waals surface area contributed by atoms with Gasteiger partial charge in [0.1, 0.15) is 0 Å². The van der Waals surface area contributed by atoms with E-state index < -0.39 is 0 Å². The predicted molar refractivity (Wildman–Crippen MR) is 139 cm³/mol. The summed E-state index contributed by atoms with van der Waals surface area (Å²) in [6.07, 6.45) is 15.5. The monoisotopic (exact) mass is 453 g/mol. The highest BCUT2D eigenvalue weighted by molar-refractivity contribution is 6.06. The lowest BCUT2D eigenvalue weighted by molar-refractivity contribution is -0.114. The first kappa shape index (κ1) is 26.0. The molecule has 6 atom stereocenters. The van der Waals surface area contributed by atoms with Crippen molar-refractivity contribution in [2.45, 2.75) is 93.4 Å². The molecule has 0 aromatic carbocycles. The minimum Gasteiger partial charge on any atom is -0.504 e. The van der Waals surface area contributed by atoms with Gasteiger partial charge in [-0.05, 0) is 98.3 Å². The second-order valence-electron chi connectivity index (χ2n) is 11.6. The van der Waals surface area contributed by atoms with E-state index in [1.165, 1.54) is 45.6 Å². The summed E-state index contributed by atoms with van der Waals surface area (Å²) in [4.78, 5) is 12.5. The Morgan fingerprint density at radius 1 is 0.970 bits per heavy atom. The molecular formula is C30H47NO2. The van der Waals surface area contributed by atoms with Gasteiger partial charge in [-0.1, -0.05) is 65.7 Å². The lowest BCUT2D eigenvalue weighted by Crippen LogP contribution is -2.55. The molecule has 184 valence electrons. The summed E-state index contributed by atoms with van der Waals surface area (Å²) in [6.45, 7) is 15.8. The van der Waals surface area contributed by atoms with Crippen molar-refractivity contribution in [2.24, 2.45) is 39.7 Å². The molecule has 33 heavy (non-hydrogen) atoms. The van der Waals surface area contributed by atoms with Crippen LogP contribution in [0.25, 0.3) is 0 Å². The molecule has 0 aliphatic heterocycles. The van der Waals surface area contributed by atoms with E-state index in [1.807, 2.05) is 20.8 Å². The zero-order valence-corrected chi connectivity index (χ0v) is 22.3. The first-order chi connectivity index (χ1) is 15.6. The Hall–Kier alpha value is -1.61. The Kier molecular flexibility index (Phi) is 7.26. The molecule has 3 heteroatoms. The fourth-order valence-electron chi connectivity index (χ4n) is 8.08. The summed E-state index contributed by atoms with van der Waals surface area (Å²) < 4.78 is 0. The van der Waals surface area contributed by atoms with Gasteiger partial charge in [0.25, 0.3) is 0 Å². The largest absolute Gasteiger partial charge is 0.504 e. The van der Waals surface area contributed by atoms with Crippen LogP contribution in [0.15, 0.2) is 46.3 Å². The minimum absolute atomic E-state index is 0.0787. The van der Waals surface area contributed by atoms with Crippen LogP contribution in [0.5, 0.6) is 0 Å². The van der Waals surface area contributed by atoms with Crippen LogP contribution < -0.4 is 5.73 Å². The van der Waals surface area contributed by atoms with Gasteiger partial charge >= 0.3 is 0 Å². The van der Waals surface area contributed by atoms with Crippen molar-refractivity contribution in [1.29, 1.82) is 0 Å². The average Bonchev–Trinajstić information content (AvgIpc) is 2.81. The lowest BCUT2D eigenvalue weighted by Gasteiger charge is -2.64. The van der Waals surface area contributed by atoms with Crippen molar-refractivity contribution in [2.75, 3.05) is 7.05 Å². The number of nitrogens with two attached hydrogens (primary N) is 1. The quantitative estimate of drug-likeness (QED) is 0.400. The van der Waals surface area contributed by atoms with Gasteiger partial charge in [-0.15, -0.1) is 0 Å². The van der Waals surface area contributed by atoms with Crippen LogP contribution in [0, 0.1) is 34.0 Å². The molecule has 3 nitrogen and oxygen atoms in total. The van der Waals surface area contributed by atoms with Crippen LogP contribution >= 0.6 is 0 Å². The molecule has 0 aromatic rings. The fourth-order valence-corrected chi connectivity index (χ4v) is 8.08. The van der Waals surface area contributed by atoms with Gasteiger partial charge < -0.3 is 10.8 Å². The highest BCUT2D eigenvalue weighted by Gasteiger charge is 2.60. The molecule has 0 heterocycles. The summed E-state index contributed by atoms with van der Waals surface area (Å²) in [6, 6.07) is 0. The molecule has 0 bridgehead atoms. The third kappa shape index (κ3) is 3.79. The van der Waals surface area contributed by atoms with Gasteiger partial charge in [0.05, 0.1) is 0 Å². The number of aliphatic hydroxyl groups excluding tert-OH is 1. The van der Waals surface area contributed by atoms with Gasteiger partial charge in [-0.25, -0.2) is 0 Å². The molecule has 3 fully saturated rings. The maximum atomic E-state index is 12.5. The molecule has 3 saturated carbocycles. The van der Waals surface area contributed by atoms with E-state index in [0.29, 0.717) is 5.41 Å². The number of rotatable bonds is 0. The number of ketones is 1. The topological polar surface area (TPSA) is 63.3 Å². The Bertz CT molecular complexity index is 922. The van der Waals surface area contributed by atoms with E-state index in [0.717, 1.165) is 40.9 Å². The van der Waals surface area contributed by atoms with Crippen molar-refractivity contribution in [3.63, 3.8) is 0 Å². The summed E-state index contributed by atoms with van der Waals surface area (Å²) in [5.41, 5.74) is 9.68. The van der Waals surface area contributed by atoms with E-state index in [9.17, 15) is 9.90 Å². The molecule has 0 spiro atoms. The predicted octanol–water partition coefficient (Wildman–Crippen LogP) is 7.45. The van der Waals surface area contributed by atoms with Gasteiger partial charge in [-0.2, -0.15) is 0 Å². The van der Waals surface area contributed by atoms with Gasteiger partial charge in [0, 0.05) is 11.0 Å². The number of fused-ring (bicyclic) bond motifs is 7. The van der Waals surface area contributed by atoms with Crippen LogP contribution in [0.1, 0.15) is 93.4 Å². The number of hydrogen-bond donors (Lipinski definition) is 2. The molecular weight excluding hydrogens is 406 g/mol. The highest BCUT2D eigenvalue weighted by atomic mass is 16.3. The first-order valence-corrected chi connectivity index (χ1v) is 13.3. The van der Waals surface area contributed by atoms with Crippen molar-refractivity contribution in [3.05, 3.63) is 46.3 Å². The third-order valence-electron chi connectivity index (χ3n) is 10.0. The van der Waals surface area contributed by atoms with Crippen LogP contribution in [0.2, 0.25) is 0 Å². The molecule has 5 aliphatic carbocycles. The van der Waals surface area contributed by atoms with Crippen LogP contribution in [-0.2, 0) is 4.79 Å². The standard InChI is InChI=1S/C27H36O2.C2H6.CH5N/c1-16-8-10-25(3)12-13-27(5)19(21(25)14-16)9-11-26(4)20-15-22(28)24(29)17(2)18(20)6-7-23(26)27;2*1-2/h6-7,15-16,19,21,29H,8-14H2,1-5H3;1-2H3;2H2,1H3. The van der Waals surface area contributed by atoms with E-state index in [2.05, 4.69) is 45.6 Å². The number of carbonyl (C=O) groups is 1. The van der Waals surface area contributed by atoms with Crippen LogP contribution in [0.4, 0.5) is 0 Å². The van der Waals surface area contributed by atoms with E-state index in [1.54, 1.807) is 11.6 Å². The SMILES string of the molecule is CC.CC1=C(O)C(=O)C=C2C1=CC=C1C2(C)CCC2C3CC(C)CCC3(C)CCC12C.CN. The number of allylic oxidation sites excluding steroid dienone is 7. The van der Waals surface area contributed by atoms with Crippen molar-refractivity contribution in [3.8, 4) is 0 Å². The Morgan fingerprint density at radius 2 is 1.64 bits per heavy atom. The first-order valence-electron chi connectivity index (χ1n) is 13.3. The Balaban J connectivity index is 0.000000728. The third-order valence-corrected chi connectivity index (χ3v) is 10.0.